The van der Waals surface area contributed by atoms with Crippen LogP contribution in [0.2, 0.25) is 5.02 Å². The minimum Gasteiger partial charge on any atom is -0.358 e. The molecule has 1 aliphatic heterocycles. The number of fused-ring (bicyclic) bond motifs is 1. The Hall–Kier alpha value is -3.02. The van der Waals surface area contributed by atoms with E-state index in [0.717, 1.165) is 5.56 Å². The molecule has 0 aliphatic carbocycles. The molecule has 1 fully saturated rings. The molecule has 1 aromatic carbocycles. The van der Waals surface area contributed by atoms with Crippen LogP contribution in [-0.2, 0) is 6.54 Å². The molecule has 0 atom stereocenters. The zero-order chi connectivity index (χ0) is 20.7. The third kappa shape index (κ3) is 3.51. The molecule has 30 heavy (non-hydrogen) atoms. The van der Waals surface area contributed by atoms with Crippen molar-refractivity contribution >= 4 is 39.5 Å². The lowest BCUT2D eigenvalue weighted by Crippen LogP contribution is -2.46. The van der Waals surface area contributed by atoms with Crippen molar-refractivity contribution in [2.24, 2.45) is 0 Å². The van der Waals surface area contributed by atoms with Crippen LogP contribution in [0.5, 0.6) is 0 Å². The van der Waals surface area contributed by atoms with E-state index in [0.29, 0.717) is 60.2 Å². The number of anilines is 1. The van der Waals surface area contributed by atoms with E-state index in [4.69, 9.17) is 16.1 Å². The van der Waals surface area contributed by atoms with E-state index in [-0.39, 0.29) is 10.7 Å². The van der Waals surface area contributed by atoms with Crippen molar-refractivity contribution in [2.75, 3.05) is 31.1 Å². The van der Waals surface area contributed by atoms with Crippen molar-refractivity contribution in [3.05, 3.63) is 56.9 Å². The van der Waals surface area contributed by atoms with Crippen LogP contribution >= 0.6 is 22.9 Å². The number of rotatable bonds is 5. The fourth-order valence-corrected chi connectivity index (χ4v) is 4.32. The summed E-state index contributed by atoms with van der Waals surface area (Å²) in [5.74, 6) is 1.49. The highest BCUT2D eigenvalue weighted by Gasteiger charge is 2.30. The largest absolute Gasteiger partial charge is 0.373 e. The third-order valence-electron chi connectivity index (χ3n) is 4.99. The molecule has 0 saturated carbocycles. The van der Waals surface area contributed by atoms with Gasteiger partial charge < -0.3 is 19.5 Å². The molecule has 0 radical (unpaired) electrons. The Labute approximate surface area is 179 Å². The van der Waals surface area contributed by atoms with Crippen molar-refractivity contribution in [3.8, 4) is 11.4 Å². The van der Waals surface area contributed by atoms with Crippen molar-refractivity contribution in [3.63, 3.8) is 0 Å². The molecule has 10 nitrogen and oxygen atoms in total. The topological polar surface area (TPSA) is 106 Å². The first kappa shape index (κ1) is 19.0. The molecule has 0 spiro atoms. The van der Waals surface area contributed by atoms with Gasteiger partial charge in [-0.1, -0.05) is 28.1 Å². The Morgan fingerprint density at radius 2 is 1.93 bits per heavy atom. The Morgan fingerprint density at radius 3 is 2.67 bits per heavy atom. The molecular weight excluding hydrogens is 430 g/mol. The summed E-state index contributed by atoms with van der Waals surface area (Å²) in [6, 6.07) is 7.26. The number of hydrogen-bond acceptors (Lipinski definition) is 9. The summed E-state index contributed by atoms with van der Waals surface area (Å²) < 4.78 is 6.92. The number of imidazole rings is 1. The summed E-state index contributed by atoms with van der Waals surface area (Å²) in [7, 11) is 0. The molecule has 1 saturated heterocycles. The van der Waals surface area contributed by atoms with E-state index in [1.54, 1.807) is 23.7 Å². The van der Waals surface area contributed by atoms with Crippen LogP contribution in [0.4, 0.5) is 11.6 Å². The van der Waals surface area contributed by atoms with Crippen molar-refractivity contribution in [2.45, 2.75) is 6.54 Å². The van der Waals surface area contributed by atoms with E-state index >= 15 is 0 Å². The maximum Gasteiger partial charge on any atom is 0.373 e. The number of piperazine rings is 1. The summed E-state index contributed by atoms with van der Waals surface area (Å²) in [6.07, 6.45) is 1.68. The first-order valence-electron chi connectivity index (χ1n) is 9.24. The number of hydrogen-bond donors (Lipinski definition) is 0. The SMILES string of the molecule is O=[N+]([O-])c1c(N2CCN(Cc3nc(-c4ccc(Cl)cc4)no3)CC2)nc2sccn12. The average molecular weight is 446 g/mol. The van der Waals surface area contributed by atoms with Gasteiger partial charge >= 0.3 is 5.82 Å². The van der Waals surface area contributed by atoms with Crippen LogP contribution in [0.25, 0.3) is 16.3 Å². The van der Waals surface area contributed by atoms with Crippen LogP contribution in [0, 0.1) is 10.1 Å². The Balaban J connectivity index is 1.25. The summed E-state index contributed by atoms with van der Waals surface area (Å²) >= 11 is 7.30. The van der Waals surface area contributed by atoms with E-state index in [1.165, 1.54) is 15.7 Å². The smallest absolute Gasteiger partial charge is 0.358 e. The normalized spacial score (nSPS) is 15.2. The number of nitro groups is 1. The highest BCUT2D eigenvalue weighted by molar-refractivity contribution is 7.15. The van der Waals surface area contributed by atoms with Gasteiger partial charge in [-0.05, 0) is 29.2 Å². The van der Waals surface area contributed by atoms with E-state index in [1.807, 2.05) is 17.0 Å². The Kier molecular flexibility index (Phi) is 4.85. The van der Waals surface area contributed by atoms with Crippen LogP contribution in [0.15, 0.2) is 40.4 Å². The number of benzene rings is 1. The van der Waals surface area contributed by atoms with Gasteiger partial charge in [0.15, 0.2) is 0 Å². The van der Waals surface area contributed by atoms with Crippen LogP contribution in [0.3, 0.4) is 0 Å². The fourth-order valence-electron chi connectivity index (χ4n) is 3.49. The maximum atomic E-state index is 11.6. The van der Waals surface area contributed by atoms with Gasteiger partial charge in [0.2, 0.25) is 17.5 Å². The highest BCUT2D eigenvalue weighted by Crippen LogP contribution is 2.31. The Morgan fingerprint density at radius 1 is 1.17 bits per heavy atom. The zero-order valence-corrected chi connectivity index (χ0v) is 17.2. The van der Waals surface area contributed by atoms with Gasteiger partial charge in [0.1, 0.15) is 6.20 Å². The number of halogens is 1. The van der Waals surface area contributed by atoms with Crippen LogP contribution in [0.1, 0.15) is 5.89 Å². The van der Waals surface area contributed by atoms with Gasteiger partial charge in [0.05, 0.1) is 6.54 Å². The number of nitrogens with zero attached hydrogens (tertiary/aromatic N) is 7. The average Bonchev–Trinajstić information content (AvgIpc) is 3.45. The maximum absolute atomic E-state index is 11.6. The summed E-state index contributed by atoms with van der Waals surface area (Å²) in [6.45, 7) is 3.20. The molecule has 4 aromatic rings. The molecule has 12 heteroatoms. The van der Waals surface area contributed by atoms with Gasteiger partial charge in [0.25, 0.3) is 4.96 Å². The second-order valence-electron chi connectivity index (χ2n) is 6.85. The molecule has 3 aromatic heterocycles. The predicted molar refractivity (Wildman–Crippen MR) is 112 cm³/mol. The predicted octanol–water partition coefficient (Wildman–Crippen LogP) is 3.33. The monoisotopic (exact) mass is 445 g/mol. The summed E-state index contributed by atoms with van der Waals surface area (Å²) in [5.41, 5.74) is 0.839. The van der Waals surface area contributed by atoms with E-state index in [9.17, 15) is 10.1 Å². The highest BCUT2D eigenvalue weighted by atomic mass is 35.5. The number of thiazole rings is 1. The van der Waals surface area contributed by atoms with E-state index in [2.05, 4.69) is 20.0 Å². The molecule has 154 valence electrons. The lowest BCUT2D eigenvalue weighted by atomic mass is 10.2. The van der Waals surface area contributed by atoms with Gasteiger partial charge in [-0.25, -0.2) is 0 Å². The van der Waals surface area contributed by atoms with Crippen LogP contribution in [-0.4, -0.2) is 55.5 Å². The molecule has 0 unspecified atom stereocenters. The number of aromatic nitrogens is 4. The van der Waals surface area contributed by atoms with Gasteiger partial charge in [-0.2, -0.15) is 14.4 Å². The molecule has 0 N–H and O–H groups in total. The lowest BCUT2D eigenvalue weighted by Gasteiger charge is -2.33. The first-order valence-corrected chi connectivity index (χ1v) is 10.5. The van der Waals surface area contributed by atoms with Crippen molar-refractivity contribution < 1.29 is 9.45 Å². The quantitative estimate of drug-likeness (QED) is 0.340. The van der Waals surface area contributed by atoms with Crippen molar-refractivity contribution in [1.29, 1.82) is 0 Å². The second kappa shape index (κ2) is 7.67. The standard InChI is InChI=1S/C18H16ClN7O3S/c19-13-3-1-12(2-4-13)15-20-14(29-22-15)11-23-5-7-24(8-6-23)16-17(26(27)28)25-9-10-30-18(25)21-16/h1-4,9-10H,5-8,11H2. The second-order valence-corrected chi connectivity index (χ2v) is 8.16. The molecule has 0 bridgehead atoms. The molecule has 4 heterocycles. The van der Waals surface area contributed by atoms with Crippen LogP contribution < -0.4 is 4.90 Å². The minimum atomic E-state index is -0.370. The summed E-state index contributed by atoms with van der Waals surface area (Å²) in [5, 5.41) is 18.0. The minimum absolute atomic E-state index is 0.0178. The van der Waals surface area contributed by atoms with Gasteiger partial charge in [0, 0.05) is 42.1 Å². The molecular formula is C18H16ClN7O3S. The van der Waals surface area contributed by atoms with E-state index < -0.39 is 0 Å². The fraction of sp³-hybridized carbons (Fsp3) is 0.278. The summed E-state index contributed by atoms with van der Waals surface area (Å²) in [4.78, 5) is 24.9. The Bertz CT molecular complexity index is 1190. The molecule has 1 aliphatic rings. The zero-order valence-electron chi connectivity index (χ0n) is 15.6. The molecule has 5 rings (SSSR count). The lowest BCUT2D eigenvalue weighted by molar-refractivity contribution is -0.389. The van der Waals surface area contributed by atoms with Crippen molar-refractivity contribution in [1.82, 2.24) is 24.4 Å². The third-order valence-corrected chi connectivity index (χ3v) is 6.00. The van der Waals surface area contributed by atoms with Gasteiger partial charge in [-0.15, -0.1) is 0 Å². The van der Waals surface area contributed by atoms with Gasteiger partial charge in [-0.3, -0.25) is 4.90 Å². The first-order chi connectivity index (χ1) is 14.6. The molecule has 0 amide bonds.